The largest absolute Gasteiger partial charge is 0.440 e. The van der Waals surface area contributed by atoms with Crippen LogP contribution in [0, 0.1) is 0 Å². The van der Waals surface area contributed by atoms with Crippen molar-refractivity contribution in [3.8, 4) is 22.6 Å². The number of fused-ring (bicyclic) bond motifs is 4. The Morgan fingerprint density at radius 3 is 2.03 bits per heavy atom. The van der Waals surface area contributed by atoms with Gasteiger partial charge in [0.05, 0.1) is 37.6 Å². The first-order valence-electron chi connectivity index (χ1n) is 10.8. The maximum Gasteiger partial charge on any atom is 0.229 e. The van der Waals surface area contributed by atoms with Gasteiger partial charge in [-0.05, 0) is 12.1 Å². The van der Waals surface area contributed by atoms with Crippen molar-refractivity contribution in [2.75, 3.05) is 66.1 Å². The second kappa shape index (κ2) is 5.82. The first kappa shape index (κ1) is 17.3. The molecule has 0 aromatic heterocycles. The normalized spacial score (nSPS) is 24.2. The number of nitrogens with zero attached hydrogens (tertiary/aromatic N) is 2. The van der Waals surface area contributed by atoms with E-state index in [1.165, 1.54) is 5.69 Å². The molecular weight excluding hydrogens is 384 g/mol. The van der Waals surface area contributed by atoms with Gasteiger partial charge in [0.1, 0.15) is 31.9 Å². The predicted octanol–water partition coefficient (Wildman–Crippen LogP) is 2.27. The van der Waals surface area contributed by atoms with Crippen LogP contribution in [0.3, 0.4) is 0 Å². The highest BCUT2D eigenvalue weighted by atomic mass is 16.5. The smallest absolute Gasteiger partial charge is 0.229 e. The summed E-state index contributed by atoms with van der Waals surface area (Å²) in [7, 11) is 0. The first-order chi connectivity index (χ1) is 14.7. The number of quaternary nitrogens is 2. The molecule has 154 valence electrons. The highest BCUT2D eigenvalue weighted by Crippen LogP contribution is 2.57. The molecule has 2 spiro atoms. The molecule has 4 bridgehead atoms. The van der Waals surface area contributed by atoms with Crippen LogP contribution in [0.25, 0.3) is 11.1 Å². The summed E-state index contributed by atoms with van der Waals surface area (Å²) in [5.41, 5.74) is 5.88. The molecule has 0 unspecified atom stereocenters. The van der Waals surface area contributed by atoms with E-state index in [2.05, 4.69) is 12.1 Å². The average Bonchev–Trinajstić information content (AvgIpc) is 3.28. The summed E-state index contributed by atoms with van der Waals surface area (Å²) in [4.78, 5) is 13.5. The van der Waals surface area contributed by atoms with Crippen molar-refractivity contribution in [3.05, 3.63) is 35.4 Å². The number of ketones is 1. The van der Waals surface area contributed by atoms with E-state index in [0.29, 0.717) is 42.5 Å². The van der Waals surface area contributed by atoms with Gasteiger partial charge in [-0.15, -0.1) is 0 Å². The number of rotatable bonds is 0. The minimum absolute atomic E-state index is 0.0528. The zero-order valence-corrected chi connectivity index (χ0v) is 16.8. The standard InChI is InChI=1S/C23H24N2O5/c26-21-15-2-1-3-17-19(15)16-12-18-22(29-14-25(18)6-10-28-11-7-25)23(20(16)21)30-13-24(17)4-8-27-9-5-24/h1-3,12H,4-11,13-14H2/q+2. The van der Waals surface area contributed by atoms with Gasteiger partial charge in [-0.2, -0.15) is 0 Å². The lowest BCUT2D eigenvalue weighted by atomic mass is 9.98. The average molecular weight is 408 g/mol. The molecule has 2 saturated heterocycles. The van der Waals surface area contributed by atoms with Crippen molar-refractivity contribution >= 4 is 17.2 Å². The number of hydrogen-bond acceptors (Lipinski definition) is 5. The molecule has 0 atom stereocenters. The lowest BCUT2D eigenvalue weighted by Gasteiger charge is -2.41. The van der Waals surface area contributed by atoms with E-state index in [9.17, 15) is 4.79 Å². The molecule has 0 amide bonds. The summed E-state index contributed by atoms with van der Waals surface area (Å²) in [6.45, 7) is 7.32. The molecule has 7 heteroatoms. The Kier molecular flexibility index (Phi) is 3.35. The molecule has 2 aromatic rings. The Bertz CT molecular complexity index is 1100. The highest BCUT2D eigenvalue weighted by Gasteiger charge is 2.50. The highest BCUT2D eigenvalue weighted by molar-refractivity contribution is 6.26. The second-order valence-corrected chi connectivity index (χ2v) is 8.96. The van der Waals surface area contributed by atoms with Gasteiger partial charge in [0.15, 0.2) is 17.2 Å². The third kappa shape index (κ3) is 2.01. The molecule has 0 radical (unpaired) electrons. The quantitative estimate of drug-likeness (QED) is 0.534. The van der Waals surface area contributed by atoms with Crippen LogP contribution in [0.4, 0.5) is 11.4 Å². The van der Waals surface area contributed by atoms with Gasteiger partial charge >= 0.3 is 0 Å². The fourth-order valence-electron chi connectivity index (χ4n) is 5.86. The van der Waals surface area contributed by atoms with Crippen molar-refractivity contribution < 1.29 is 23.7 Å². The molecule has 7 rings (SSSR count). The van der Waals surface area contributed by atoms with Crippen LogP contribution in [0.15, 0.2) is 24.3 Å². The van der Waals surface area contributed by atoms with Gasteiger partial charge in [0, 0.05) is 17.2 Å². The zero-order chi connectivity index (χ0) is 19.9. The summed E-state index contributed by atoms with van der Waals surface area (Å²) >= 11 is 0. The van der Waals surface area contributed by atoms with Gasteiger partial charge < -0.3 is 18.9 Å². The number of hydrogen-bond donors (Lipinski definition) is 0. The molecule has 2 fully saturated rings. The fourth-order valence-corrected chi connectivity index (χ4v) is 5.86. The van der Waals surface area contributed by atoms with Crippen LogP contribution in [-0.4, -0.2) is 71.9 Å². The van der Waals surface area contributed by atoms with Crippen LogP contribution in [-0.2, 0) is 9.47 Å². The van der Waals surface area contributed by atoms with E-state index in [4.69, 9.17) is 18.9 Å². The van der Waals surface area contributed by atoms with Crippen molar-refractivity contribution in [3.63, 3.8) is 0 Å². The number of carbonyl (C=O) groups is 1. The third-order valence-electron chi connectivity index (χ3n) is 7.59. The Morgan fingerprint density at radius 1 is 0.700 bits per heavy atom. The van der Waals surface area contributed by atoms with Crippen LogP contribution >= 0.6 is 0 Å². The monoisotopic (exact) mass is 408 g/mol. The number of benzene rings is 2. The summed E-state index contributed by atoms with van der Waals surface area (Å²) in [5, 5.41) is 0. The maximum absolute atomic E-state index is 13.5. The van der Waals surface area contributed by atoms with Crippen LogP contribution < -0.4 is 18.4 Å². The third-order valence-corrected chi connectivity index (χ3v) is 7.59. The Morgan fingerprint density at radius 2 is 1.33 bits per heavy atom. The second-order valence-electron chi connectivity index (χ2n) is 8.96. The maximum atomic E-state index is 13.5. The molecule has 0 saturated carbocycles. The van der Waals surface area contributed by atoms with Crippen LogP contribution in [0.1, 0.15) is 15.9 Å². The lowest BCUT2D eigenvalue weighted by molar-refractivity contribution is 0.00687. The summed E-state index contributed by atoms with van der Waals surface area (Å²) in [5.74, 6) is 1.45. The molecular formula is C23H24N2O5+2. The van der Waals surface area contributed by atoms with Crippen LogP contribution in [0.2, 0.25) is 0 Å². The van der Waals surface area contributed by atoms with Crippen molar-refractivity contribution in [1.29, 1.82) is 0 Å². The van der Waals surface area contributed by atoms with E-state index >= 15 is 0 Å². The summed E-state index contributed by atoms with van der Waals surface area (Å²) in [6, 6.07) is 8.35. The van der Waals surface area contributed by atoms with Gasteiger partial charge in [-0.25, -0.2) is 0 Å². The molecule has 7 nitrogen and oxygen atoms in total. The van der Waals surface area contributed by atoms with Gasteiger partial charge in [0.2, 0.25) is 19.2 Å². The first-order valence-corrected chi connectivity index (χ1v) is 10.8. The molecule has 0 N–H and O–H groups in total. The zero-order valence-electron chi connectivity index (χ0n) is 16.8. The topological polar surface area (TPSA) is 54.0 Å². The number of ether oxygens (including phenoxy) is 4. The molecule has 1 aliphatic carbocycles. The van der Waals surface area contributed by atoms with E-state index in [0.717, 1.165) is 72.0 Å². The van der Waals surface area contributed by atoms with Gasteiger partial charge in [-0.3, -0.25) is 13.8 Å². The van der Waals surface area contributed by atoms with Crippen molar-refractivity contribution in [2.45, 2.75) is 0 Å². The Balaban J connectivity index is 1.52. The van der Waals surface area contributed by atoms with E-state index in [1.54, 1.807) is 0 Å². The van der Waals surface area contributed by atoms with Gasteiger partial charge in [0.25, 0.3) is 0 Å². The summed E-state index contributed by atoms with van der Waals surface area (Å²) < 4.78 is 25.5. The predicted molar refractivity (Wildman–Crippen MR) is 111 cm³/mol. The molecule has 5 aliphatic rings. The fraction of sp³-hybridized carbons (Fsp3) is 0.435. The van der Waals surface area contributed by atoms with E-state index in [1.807, 2.05) is 12.1 Å². The number of carbonyl (C=O) groups excluding carboxylic acids is 1. The molecule has 2 aromatic carbocycles. The van der Waals surface area contributed by atoms with Crippen LogP contribution in [0.5, 0.6) is 11.5 Å². The minimum atomic E-state index is 0.0528. The minimum Gasteiger partial charge on any atom is -0.440 e. The van der Waals surface area contributed by atoms with Gasteiger partial charge in [-0.1, -0.05) is 6.07 Å². The Labute approximate surface area is 174 Å². The lowest BCUT2D eigenvalue weighted by Crippen LogP contribution is -2.58. The van der Waals surface area contributed by atoms with E-state index in [-0.39, 0.29) is 5.78 Å². The molecule has 4 heterocycles. The molecule has 30 heavy (non-hydrogen) atoms. The Hall–Kier alpha value is -2.45. The van der Waals surface area contributed by atoms with Crippen molar-refractivity contribution in [1.82, 2.24) is 8.97 Å². The SMILES string of the molecule is O=C1c2cccc3c2-c2cc4c(c(c21)OC[N+]31CCOCC1)OC[N+]41CCOCC1. The van der Waals surface area contributed by atoms with E-state index < -0.39 is 0 Å². The summed E-state index contributed by atoms with van der Waals surface area (Å²) in [6.07, 6.45) is 0. The van der Waals surface area contributed by atoms with Crippen molar-refractivity contribution in [2.24, 2.45) is 0 Å². The number of morpholine rings is 2. The molecule has 4 aliphatic heterocycles.